The molecule has 0 aromatic heterocycles. The number of carbonyl (C=O) groups is 2. The van der Waals surface area contributed by atoms with E-state index in [4.69, 9.17) is 4.74 Å². The largest absolute Gasteiger partial charge is 0.379 e. The fourth-order valence-corrected chi connectivity index (χ4v) is 3.12. The van der Waals surface area contributed by atoms with Crippen molar-refractivity contribution in [2.75, 3.05) is 63.7 Å². The summed E-state index contributed by atoms with van der Waals surface area (Å²) in [6.07, 6.45) is 0.420. The summed E-state index contributed by atoms with van der Waals surface area (Å²) in [5.41, 5.74) is 1.92. The highest BCUT2D eigenvalue weighted by atomic mass is 16.5. The summed E-state index contributed by atoms with van der Waals surface area (Å²) in [6.45, 7) is 10.7. The van der Waals surface area contributed by atoms with Gasteiger partial charge in [-0.25, -0.2) is 0 Å². The fourth-order valence-electron chi connectivity index (χ4n) is 3.12. The Morgan fingerprint density at radius 3 is 2.46 bits per heavy atom. The molecular formula is C21H34N4O3. The number of nitrogens with one attached hydrogen (secondary N) is 2. The molecule has 2 rings (SSSR count). The van der Waals surface area contributed by atoms with Crippen LogP contribution >= 0.6 is 0 Å². The van der Waals surface area contributed by atoms with Gasteiger partial charge in [-0.2, -0.15) is 0 Å². The molecule has 1 aromatic carbocycles. The van der Waals surface area contributed by atoms with Crippen LogP contribution < -0.4 is 15.5 Å². The number of hydrogen-bond donors (Lipinski definition) is 2. The molecule has 1 fully saturated rings. The second kappa shape index (κ2) is 9.89. The molecule has 0 aliphatic carbocycles. The van der Waals surface area contributed by atoms with Gasteiger partial charge < -0.3 is 20.3 Å². The van der Waals surface area contributed by atoms with Crippen molar-refractivity contribution in [3.8, 4) is 0 Å². The van der Waals surface area contributed by atoms with Gasteiger partial charge in [0.2, 0.25) is 5.91 Å². The van der Waals surface area contributed by atoms with Crippen molar-refractivity contribution in [2.45, 2.75) is 27.2 Å². The summed E-state index contributed by atoms with van der Waals surface area (Å²) >= 11 is 0. The second-order valence-corrected chi connectivity index (χ2v) is 8.62. The molecule has 2 N–H and O–H groups in total. The van der Waals surface area contributed by atoms with E-state index in [1.54, 1.807) is 6.07 Å². The number of ether oxygens (including phenoxy) is 1. The molecule has 1 saturated heterocycles. The minimum Gasteiger partial charge on any atom is -0.379 e. The quantitative estimate of drug-likeness (QED) is 0.747. The SMILES string of the molecule is CN(C)c1ccc(NC(=O)CC(C)(C)C)cc1C(=O)NCCN1CCOCC1. The number of benzene rings is 1. The highest BCUT2D eigenvalue weighted by molar-refractivity contribution is 6.02. The summed E-state index contributed by atoms with van der Waals surface area (Å²) in [5, 5.41) is 5.91. The third-order valence-electron chi connectivity index (χ3n) is 4.51. The zero-order chi connectivity index (χ0) is 20.7. The van der Waals surface area contributed by atoms with Gasteiger partial charge in [-0.3, -0.25) is 14.5 Å². The lowest BCUT2D eigenvalue weighted by atomic mass is 9.92. The van der Waals surface area contributed by atoms with E-state index < -0.39 is 0 Å². The maximum Gasteiger partial charge on any atom is 0.253 e. The van der Waals surface area contributed by atoms with Crippen molar-refractivity contribution >= 4 is 23.2 Å². The highest BCUT2D eigenvalue weighted by Crippen LogP contribution is 2.24. The van der Waals surface area contributed by atoms with Crippen molar-refractivity contribution in [1.29, 1.82) is 0 Å². The van der Waals surface area contributed by atoms with Crippen LogP contribution in [0.5, 0.6) is 0 Å². The van der Waals surface area contributed by atoms with Crippen LogP contribution in [0, 0.1) is 5.41 Å². The van der Waals surface area contributed by atoms with Crippen LogP contribution in [0.3, 0.4) is 0 Å². The molecule has 1 aliphatic heterocycles. The summed E-state index contributed by atoms with van der Waals surface area (Å²) in [4.78, 5) is 29.2. The van der Waals surface area contributed by atoms with Gasteiger partial charge in [-0.15, -0.1) is 0 Å². The van der Waals surface area contributed by atoms with Gasteiger partial charge >= 0.3 is 0 Å². The normalized spacial score (nSPS) is 15.2. The first-order valence-corrected chi connectivity index (χ1v) is 9.85. The van der Waals surface area contributed by atoms with Crippen LogP contribution in [0.2, 0.25) is 0 Å². The maximum absolute atomic E-state index is 12.8. The Kier molecular flexibility index (Phi) is 7.83. The molecule has 7 nitrogen and oxygen atoms in total. The Morgan fingerprint density at radius 1 is 1.18 bits per heavy atom. The Hall–Kier alpha value is -2.12. The standard InChI is InChI=1S/C21H34N4O3/c1-21(2,3)15-19(26)23-16-6-7-18(24(4)5)17(14-16)20(27)22-8-9-25-10-12-28-13-11-25/h6-7,14H,8-13,15H2,1-5H3,(H,22,27)(H,23,26). The van der Waals surface area contributed by atoms with Crippen molar-refractivity contribution < 1.29 is 14.3 Å². The zero-order valence-electron chi connectivity index (χ0n) is 17.8. The summed E-state index contributed by atoms with van der Waals surface area (Å²) in [5.74, 6) is -0.187. The number of nitrogens with zero attached hydrogens (tertiary/aromatic N) is 2. The van der Waals surface area contributed by atoms with Crippen LogP contribution in [0.4, 0.5) is 11.4 Å². The van der Waals surface area contributed by atoms with E-state index in [0.29, 0.717) is 24.2 Å². The van der Waals surface area contributed by atoms with Gasteiger partial charge in [0.1, 0.15) is 0 Å². The first-order valence-electron chi connectivity index (χ1n) is 9.85. The van der Waals surface area contributed by atoms with Crippen molar-refractivity contribution in [1.82, 2.24) is 10.2 Å². The maximum atomic E-state index is 12.8. The van der Waals surface area contributed by atoms with Crippen LogP contribution in [0.25, 0.3) is 0 Å². The van der Waals surface area contributed by atoms with Gasteiger partial charge in [0.15, 0.2) is 0 Å². The third-order valence-corrected chi connectivity index (χ3v) is 4.51. The van der Waals surface area contributed by atoms with E-state index in [1.165, 1.54) is 0 Å². The van der Waals surface area contributed by atoms with Gasteiger partial charge in [0.05, 0.1) is 18.8 Å². The molecule has 0 spiro atoms. The predicted molar refractivity (Wildman–Crippen MR) is 113 cm³/mol. The number of morpholine rings is 1. The van der Waals surface area contributed by atoms with E-state index in [2.05, 4.69) is 15.5 Å². The zero-order valence-corrected chi connectivity index (χ0v) is 17.8. The summed E-state index contributed by atoms with van der Waals surface area (Å²) < 4.78 is 5.34. The number of rotatable bonds is 7. The lowest BCUT2D eigenvalue weighted by Gasteiger charge is -2.26. The van der Waals surface area contributed by atoms with Gasteiger partial charge in [0.25, 0.3) is 5.91 Å². The van der Waals surface area contributed by atoms with Gasteiger partial charge in [-0.05, 0) is 23.6 Å². The molecule has 28 heavy (non-hydrogen) atoms. The van der Waals surface area contributed by atoms with Gasteiger partial charge in [0, 0.05) is 58.1 Å². The molecule has 1 aliphatic rings. The van der Waals surface area contributed by atoms with Crippen molar-refractivity contribution in [2.24, 2.45) is 5.41 Å². The number of anilines is 2. The average molecular weight is 391 g/mol. The van der Waals surface area contributed by atoms with E-state index in [-0.39, 0.29) is 17.2 Å². The smallest absolute Gasteiger partial charge is 0.253 e. The van der Waals surface area contributed by atoms with Crippen LogP contribution in [-0.4, -0.2) is 70.2 Å². The van der Waals surface area contributed by atoms with Crippen molar-refractivity contribution in [3.63, 3.8) is 0 Å². The number of amides is 2. The third kappa shape index (κ3) is 7.13. The van der Waals surface area contributed by atoms with Crippen LogP contribution in [0.1, 0.15) is 37.6 Å². The minimum atomic E-state index is -0.135. The monoisotopic (exact) mass is 390 g/mol. The Labute approximate surface area is 168 Å². The molecular weight excluding hydrogens is 356 g/mol. The molecule has 0 bridgehead atoms. The minimum absolute atomic E-state index is 0.0521. The molecule has 0 atom stereocenters. The Morgan fingerprint density at radius 2 is 1.86 bits per heavy atom. The van der Waals surface area contributed by atoms with E-state index in [1.807, 2.05) is 51.9 Å². The highest BCUT2D eigenvalue weighted by Gasteiger charge is 2.18. The fraction of sp³-hybridized carbons (Fsp3) is 0.619. The lowest BCUT2D eigenvalue weighted by molar-refractivity contribution is -0.117. The summed E-state index contributed by atoms with van der Waals surface area (Å²) in [7, 11) is 3.80. The van der Waals surface area contributed by atoms with E-state index in [0.717, 1.165) is 38.5 Å². The van der Waals surface area contributed by atoms with Crippen LogP contribution in [0.15, 0.2) is 18.2 Å². The lowest BCUT2D eigenvalue weighted by Crippen LogP contribution is -2.41. The van der Waals surface area contributed by atoms with Crippen molar-refractivity contribution in [3.05, 3.63) is 23.8 Å². The Bertz CT molecular complexity index is 677. The molecule has 1 heterocycles. The predicted octanol–water partition coefficient (Wildman–Crippen LogP) is 2.19. The first-order chi connectivity index (χ1) is 13.2. The molecule has 156 valence electrons. The first kappa shape index (κ1) is 22.2. The average Bonchev–Trinajstić information content (AvgIpc) is 2.60. The Balaban J connectivity index is 2.02. The molecule has 0 unspecified atom stereocenters. The topological polar surface area (TPSA) is 73.9 Å². The molecule has 0 saturated carbocycles. The number of hydrogen-bond acceptors (Lipinski definition) is 5. The number of carbonyl (C=O) groups excluding carboxylic acids is 2. The summed E-state index contributed by atoms with van der Waals surface area (Å²) in [6, 6.07) is 5.45. The molecule has 1 aromatic rings. The van der Waals surface area contributed by atoms with E-state index in [9.17, 15) is 9.59 Å². The second-order valence-electron chi connectivity index (χ2n) is 8.62. The van der Waals surface area contributed by atoms with Gasteiger partial charge in [-0.1, -0.05) is 20.8 Å². The van der Waals surface area contributed by atoms with Crippen LogP contribution in [-0.2, 0) is 9.53 Å². The molecule has 0 radical (unpaired) electrons. The molecule has 2 amide bonds. The molecule has 7 heteroatoms. The van der Waals surface area contributed by atoms with E-state index >= 15 is 0 Å².